The molecule has 1 amide bonds. The van der Waals surface area contributed by atoms with Crippen LogP contribution >= 0.6 is 11.3 Å². The van der Waals surface area contributed by atoms with Gasteiger partial charge in [-0.05, 0) is 25.1 Å². The van der Waals surface area contributed by atoms with Crippen LogP contribution in [0.5, 0.6) is 11.5 Å². The van der Waals surface area contributed by atoms with Crippen LogP contribution in [0.3, 0.4) is 0 Å². The van der Waals surface area contributed by atoms with E-state index >= 15 is 0 Å². The number of nitrogens with one attached hydrogen (secondary N) is 1. The van der Waals surface area contributed by atoms with Crippen molar-refractivity contribution in [1.82, 2.24) is 14.7 Å². The first-order valence-corrected chi connectivity index (χ1v) is 10.5. The molecule has 0 aliphatic heterocycles. The van der Waals surface area contributed by atoms with E-state index in [9.17, 15) is 4.79 Å². The lowest BCUT2D eigenvalue weighted by molar-refractivity contribution is -0.121. The zero-order valence-corrected chi connectivity index (χ0v) is 17.9. The van der Waals surface area contributed by atoms with Crippen molar-refractivity contribution in [2.45, 2.75) is 19.4 Å². The zero-order chi connectivity index (χ0) is 21.1. The summed E-state index contributed by atoms with van der Waals surface area (Å²) < 4.78 is 12.7. The zero-order valence-electron chi connectivity index (χ0n) is 17.1. The van der Waals surface area contributed by atoms with Gasteiger partial charge in [0.15, 0.2) is 4.96 Å². The molecule has 0 saturated carbocycles. The van der Waals surface area contributed by atoms with Crippen LogP contribution < -0.4 is 14.8 Å². The maximum atomic E-state index is 12.8. The van der Waals surface area contributed by atoms with Crippen LogP contribution in [0.1, 0.15) is 24.2 Å². The van der Waals surface area contributed by atoms with Crippen molar-refractivity contribution in [1.29, 1.82) is 0 Å². The van der Waals surface area contributed by atoms with Crippen molar-refractivity contribution < 1.29 is 14.3 Å². The van der Waals surface area contributed by atoms with Gasteiger partial charge in [0.1, 0.15) is 11.5 Å². The molecule has 0 aliphatic carbocycles. The highest BCUT2D eigenvalue weighted by molar-refractivity contribution is 7.15. The number of amides is 1. The van der Waals surface area contributed by atoms with E-state index in [0.29, 0.717) is 5.75 Å². The molecule has 30 heavy (non-hydrogen) atoms. The lowest BCUT2D eigenvalue weighted by Crippen LogP contribution is -2.28. The maximum Gasteiger partial charge on any atom is 0.226 e. The van der Waals surface area contributed by atoms with E-state index in [1.165, 1.54) is 11.3 Å². The number of carbonyl (C=O) groups is 1. The second kappa shape index (κ2) is 8.59. The quantitative estimate of drug-likeness (QED) is 0.477. The lowest BCUT2D eigenvalue weighted by atomic mass is 10.1. The first kappa shape index (κ1) is 20.0. The molecule has 7 heteroatoms. The molecule has 0 aliphatic rings. The van der Waals surface area contributed by atoms with Crippen LogP contribution in [0.25, 0.3) is 16.2 Å². The summed E-state index contributed by atoms with van der Waals surface area (Å²) in [5.41, 5.74) is 3.74. The highest BCUT2D eigenvalue weighted by Gasteiger charge is 2.17. The summed E-state index contributed by atoms with van der Waals surface area (Å²) in [5.74, 6) is 1.36. The molecule has 1 atom stereocenters. The maximum absolute atomic E-state index is 12.8. The summed E-state index contributed by atoms with van der Waals surface area (Å²) in [6.45, 7) is 1.93. The average molecular weight is 422 g/mol. The Bertz CT molecular complexity index is 1170. The summed E-state index contributed by atoms with van der Waals surface area (Å²) in [4.78, 5) is 18.3. The van der Waals surface area contributed by atoms with Crippen LogP contribution in [-0.2, 0) is 11.2 Å². The molecule has 0 radical (unpaired) electrons. The summed E-state index contributed by atoms with van der Waals surface area (Å²) >= 11 is 1.53. The molecule has 0 unspecified atom stereocenters. The minimum Gasteiger partial charge on any atom is -0.497 e. The summed E-state index contributed by atoms with van der Waals surface area (Å²) in [6, 6.07) is 15.4. The Labute approximate surface area is 179 Å². The van der Waals surface area contributed by atoms with Crippen molar-refractivity contribution >= 4 is 22.2 Å². The number of thiazole rings is 1. The summed E-state index contributed by atoms with van der Waals surface area (Å²) in [7, 11) is 3.23. The predicted molar refractivity (Wildman–Crippen MR) is 118 cm³/mol. The van der Waals surface area contributed by atoms with Gasteiger partial charge >= 0.3 is 0 Å². The van der Waals surface area contributed by atoms with Gasteiger partial charge in [0.2, 0.25) is 5.91 Å². The van der Waals surface area contributed by atoms with Gasteiger partial charge < -0.3 is 14.8 Å². The number of rotatable bonds is 7. The van der Waals surface area contributed by atoms with Crippen molar-refractivity contribution in [2.75, 3.05) is 14.2 Å². The summed E-state index contributed by atoms with van der Waals surface area (Å²) in [5, 5.41) is 5.04. The van der Waals surface area contributed by atoms with Gasteiger partial charge in [0.05, 0.1) is 32.4 Å². The highest BCUT2D eigenvalue weighted by atomic mass is 32.1. The first-order valence-electron chi connectivity index (χ1n) is 9.61. The monoisotopic (exact) mass is 421 g/mol. The fourth-order valence-electron chi connectivity index (χ4n) is 3.42. The number of fused-ring (bicyclic) bond motifs is 1. The lowest BCUT2D eigenvalue weighted by Gasteiger charge is -2.18. The molecule has 154 valence electrons. The normalized spacial score (nSPS) is 12.0. The van der Waals surface area contributed by atoms with E-state index in [0.717, 1.165) is 33.2 Å². The minimum atomic E-state index is -0.223. The van der Waals surface area contributed by atoms with Crippen LogP contribution in [0.2, 0.25) is 0 Å². The van der Waals surface area contributed by atoms with E-state index in [4.69, 9.17) is 9.47 Å². The molecule has 2 aromatic carbocycles. The van der Waals surface area contributed by atoms with Crippen molar-refractivity contribution in [3.63, 3.8) is 0 Å². The molecule has 0 bridgehead atoms. The molecule has 2 aromatic heterocycles. The predicted octanol–water partition coefficient (Wildman–Crippen LogP) is 4.50. The third kappa shape index (κ3) is 4.02. The molecular formula is C23H23N3O3S. The Balaban J connectivity index is 1.50. The molecular weight excluding hydrogens is 398 g/mol. The van der Waals surface area contributed by atoms with Crippen LogP contribution in [0, 0.1) is 0 Å². The fraction of sp³-hybridized carbons (Fsp3) is 0.217. The number of carbonyl (C=O) groups excluding carboxylic acids is 1. The molecule has 1 N–H and O–H groups in total. The number of nitrogens with zero attached hydrogens (tertiary/aromatic N) is 2. The Morgan fingerprint density at radius 3 is 2.70 bits per heavy atom. The second-order valence-corrected chi connectivity index (χ2v) is 7.78. The van der Waals surface area contributed by atoms with Gasteiger partial charge in [-0.1, -0.05) is 30.3 Å². The molecule has 4 rings (SSSR count). The van der Waals surface area contributed by atoms with Gasteiger partial charge in [-0.2, -0.15) is 0 Å². The SMILES string of the molecule is COc1ccc(OC)c([C@@H](C)NC(=O)Cc2csc3nc(-c4ccccc4)cn23)c1. The molecule has 0 spiro atoms. The van der Waals surface area contributed by atoms with E-state index < -0.39 is 0 Å². The third-order valence-corrected chi connectivity index (χ3v) is 5.86. The van der Waals surface area contributed by atoms with Crippen molar-refractivity contribution in [3.05, 3.63) is 71.4 Å². The molecule has 6 nitrogen and oxygen atoms in total. The number of hydrogen-bond acceptors (Lipinski definition) is 5. The first-order chi connectivity index (χ1) is 14.6. The molecule has 4 aromatic rings. The minimum absolute atomic E-state index is 0.0676. The Morgan fingerprint density at radius 1 is 1.17 bits per heavy atom. The number of aromatic nitrogens is 2. The van der Waals surface area contributed by atoms with Crippen LogP contribution in [0.15, 0.2) is 60.1 Å². The van der Waals surface area contributed by atoms with Crippen molar-refractivity contribution in [2.24, 2.45) is 0 Å². The molecule has 0 fully saturated rings. The van der Waals surface area contributed by atoms with E-state index in [2.05, 4.69) is 10.3 Å². The number of ether oxygens (including phenoxy) is 2. The Morgan fingerprint density at radius 2 is 1.97 bits per heavy atom. The van der Waals surface area contributed by atoms with E-state index in [1.807, 2.05) is 71.4 Å². The average Bonchev–Trinajstić information content (AvgIpc) is 3.35. The highest BCUT2D eigenvalue weighted by Crippen LogP contribution is 2.29. The summed E-state index contributed by atoms with van der Waals surface area (Å²) in [6.07, 6.45) is 2.25. The Kier molecular flexibility index (Phi) is 5.72. The van der Waals surface area contributed by atoms with Gasteiger partial charge in [-0.25, -0.2) is 4.98 Å². The second-order valence-electron chi connectivity index (χ2n) is 6.95. The topological polar surface area (TPSA) is 64.9 Å². The van der Waals surface area contributed by atoms with Crippen LogP contribution in [0.4, 0.5) is 0 Å². The van der Waals surface area contributed by atoms with Gasteiger partial charge in [-0.15, -0.1) is 11.3 Å². The van der Waals surface area contributed by atoms with Gasteiger partial charge in [-0.3, -0.25) is 9.20 Å². The van der Waals surface area contributed by atoms with E-state index in [-0.39, 0.29) is 18.4 Å². The molecule has 0 saturated heterocycles. The number of imidazole rings is 1. The van der Waals surface area contributed by atoms with Crippen molar-refractivity contribution in [3.8, 4) is 22.8 Å². The smallest absolute Gasteiger partial charge is 0.226 e. The number of benzene rings is 2. The number of hydrogen-bond donors (Lipinski definition) is 1. The third-order valence-electron chi connectivity index (χ3n) is 4.98. The van der Waals surface area contributed by atoms with Gasteiger partial charge in [0.25, 0.3) is 0 Å². The standard InChI is InChI=1S/C23H23N3O3S/c1-15(19-12-18(28-2)9-10-21(19)29-3)24-22(27)11-17-14-30-23-25-20(13-26(17)23)16-7-5-4-6-8-16/h4-10,12-15H,11H2,1-3H3,(H,24,27)/t15-/m1/s1. The fourth-order valence-corrected chi connectivity index (χ4v) is 4.29. The largest absolute Gasteiger partial charge is 0.497 e. The Hall–Kier alpha value is -3.32. The van der Waals surface area contributed by atoms with Gasteiger partial charge in [0, 0.05) is 28.4 Å². The molecule has 2 heterocycles. The number of methoxy groups -OCH3 is 2. The van der Waals surface area contributed by atoms with Crippen LogP contribution in [-0.4, -0.2) is 29.5 Å². The van der Waals surface area contributed by atoms with E-state index in [1.54, 1.807) is 14.2 Å².